The van der Waals surface area contributed by atoms with Gasteiger partial charge in [-0.1, -0.05) is 19.1 Å². The van der Waals surface area contributed by atoms with Crippen LogP contribution in [0.25, 0.3) is 0 Å². The summed E-state index contributed by atoms with van der Waals surface area (Å²) in [6.45, 7) is 5.33. The summed E-state index contributed by atoms with van der Waals surface area (Å²) in [6.07, 6.45) is 2.81. The fourth-order valence-electron chi connectivity index (χ4n) is 2.85. The molecule has 0 bridgehead atoms. The van der Waals surface area contributed by atoms with Gasteiger partial charge >= 0.3 is 0 Å². The summed E-state index contributed by atoms with van der Waals surface area (Å²) in [4.78, 5) is 14.3. The first-order chi connectivity index (χ1) is 9.87. The van der Waals surface area contributed by atoms with Gasteiger partial charge in [0.2, 0.25) is 5.91 Å². The lowest BCUT2D eigenvalue weighted by molar-refractivity contribution is -0.131. The number of amides is 1. The molecule has 1 fully saturated rings. The number of anilines is 1. The van der Waals surface area contributed by atoms with Crippen molar-refractivity contribution in [2.24, 2.45) is 0 Å². The molecule has 1 aliphatic heterocycles. The van der Waals surface area contributed by atoms with E-state index in [1.807, 2.05) is 36.1 Å². The zero-order chi connectivity index (χ0) is 15.5. The SMILES string of the molecule is CC(CC(=O)N1CCCC(C)(O)CC1)c1ccc(N)cc1. The number of likely N-dealkylation sites (tertiary alicyclic amines) is 1. The van der Waals surface area contributed by atoms with Crippen molar-refractivity contribution in [1.29, 1.82) is 0 Å². The highest BCUT2D eigenvalue weighted by Crippen LogP contribution is 2.24. The van der Waals surface area contributed by atoms with Gasteiger partial charge in [0.05, 0.1) is 5.60 Å². The Kier molecular flexibility index (Phi) is 4.88. The topological polar surface area (TPSA) is 66.6 Å². The van der Waals surface area contributed by atoms with Gasteiger partial charge in [-0.3, -0.25) is 4.79 Å². The lowest BCUT2D eigenvalue weighted by Crippen LogP contribution is -2.34. The second-order valence-electron chi connectivity index (χ2n) is 6.50. The largest absolute Gasteiger partial charge is 0.399 e. The zero-order valence-electron chi connectivity index (χ0n) is 13.0. The molecular weight excluding hydrogens is 264 g/mol. The van der Waals surface area contributed by atoms with Crippen LogP contribution in [0, 0.1) is 0 Å². The molecular formula is C17H26N2O2. The van der Waals surface area contributed by atoms with Crippen LogP contribution in [0.1, 0.15) is 51.0 Å². The van der Waals surface area contributed by atoms with Gasteiger partial charge in [-0.15, -0.1) is 0 Å². The van der Waals surface area contributed by atoms with E-state index in [2.05, 4.69) is 6.92 Å². The summed E-state index contributed by atoms with van der Waals surface area (Å²) in [5.41, 5.74) is 6.94. The molecule has 1 heterocycles. The molecule has 4 nitrogen and oxygen atoms in total. The minimum Gasteiger partial charge on any atom is -0.399 e. The Bertz CT molecular complexity index is 482. The number of nitrogen functional groups attached to an aromatic ring is 1. The van der Waals surface area contributed by atoms with Crippen molar-refractivity contribution < 1.29 is 9.90 Å². The Labute approximate surface area is 126 Å². The highest BCUT2D eigenvalue weighted by atomic mass is 16.3. The van der Waals surface area contributed by atoms with Gasteiger partial charge in [-0.2, -0.15) is 0 Å². The van der Waals surface area contributed by atoms with Crippen LogP contribution in [0.2, 0.25) is 0 Å². The van der Waals surface area contributed by atoms with Crippen LogP contribution in [-0.2, 0) is 4.79 Å². The maximum absolute atomic E-state index is 12.4. The van der Waals surface area contributed by atoms with Crippen LogP contribution in [0.15, 0.2) is 24.3 Å². The molecule has 1 saturated heterocycles. The van der Waals surface area contributed by atoms with Crippen LogP contribution in [0.5, 0.6) is 0 Å². The van der Waals surface area contributed by atoms with Crippen molar-refractivity contribution in [2.75, 3.05) is 18.8 Å². The van der Waals surface area contributed by atoms with Gasteiger partial charge in [0.1, 0.15) is 0 Å². The molecule has 1 amide bonds. The van der Waals surface area contributed by atoms with E-state index in [1.165, 1.54) is 0 Å². The second-order valence-corrected chi connectivity index (χ2v) is 6.50. The van der Waals surface area contributed by atoms with Crippen molar-refractivity contribution in [1.82, 2.24) is 4.90 Å². The fourth-order valence-corrected chi connectivity index (χ4v) is 2.85. The maximum Gasteiger partial charge on any atom is 0.223 e. The molecule has 1 aromatic rings. The van der Waals surface area contributed by atoms with Crippen LogP contribution < -0.4 is 5.73 Å². The Morgan fingerprint density at radius 3 is 2.67 bits per heavy atom. The molecule has 0 spiro atoms. The minimum absolute atomic E-state index is 0.178. The molecule has 116 valence electrons. The first-order valence-corrected chi connectivity index (χ1v) is 7.73. The lowest BCUT2D eigenvalue weighted by atomic mass is 9.97. The highest BCUT2D eigenvalue weighted by molar-refractivity contribution is 5.77. The number of nitrogens with two attached hydrogens (primary N) is 1. The van der Waals surface area contributed by atoms with Crippen LogP contribution in [0.3, 0.4) is 0 Å². The Morgan fingerprint density at radius 2 is 2.00 bits per heavy atom. The van der Waals surface area contributed by atoms with Gasteiger partial charge in [0.25, 0.3) is 0 Å². The van der Waals surface area contributed by atoms with E-state index < -0.39 is 5.60 Å². The van der Waals surface area contributed by atoms with Gasteiger partial charge in [0.15, 0.2) is 0 Å². The molecule has 1 aliphatic rings. The molecule has 1 aromatic carbocycles. The standard InChI is InChI=1S/C17H26N2O2/c1-13(14-4-6-15(18)7-5-14)12-16(20)19-10-3-8-17(2,21)9-11-19/h4-7,13,21H,3,8-12,18H2,1-2H3. The summed E-state index contributed by atoms with van der Waals surface area (Å²) >= 11 is 0. The summed E-state index contributed by atoms with van der Waals surface area (Å²) in [6, 6.07) is 7.72. The molecule has 4 heteroatoms. The zero-order valence-corrected chi connectivity index (χ0v) is 13.0. The Balaban J connectivity index is 1.93. The molecule has 21 heavy (non-hydrogen) atoms. The lowest BCUT2D eigenvalue weighted by Gasteiger charge is -2.24. The van der Waals surface area contributed by atoms with E-state index >= 15 is 0 Å². The van der Waals surface area contributed by atoms with Crippen molar-refractivity contribution in [3.8, 4) is 0 Å². The fraction of sp³-hybridized carbons (Fsp3) is 0.588. The third-order valence-corrected chi connectivity index (χ3v) is 4.40. The number of carbonyl (C=O) groups is 1. The Hall–Kier alpha value is -1.55. The van der Waals surface area contributed by atoms with Crippen LogP contribution in [0.4, 0.5) is 5.69 Å². The number of hydrogen-bond acceptors (Lipinski definition) is 3. The molecule has 2 atom stereocenters. The molecule has 0 aliphatic carbocycles. The normalized spacial score (nSPS) is 24.4. The quantitative estimate of drug-likeness (QED) is 0.841. The van der Waals surface area contributed by atoms with E-state index in [4.69, 9.17) is 5.73 Å². The van der Waals surface area contributed by atoms with Crippen molar-refractivity contribution >= 4 is 11.6 Å². The molecule has 0 saturated carbocycles. The molecule has 2 unspecified atom stereocenters. The van der Waals surface area contributed by atoms with Gasteiger partial charge in [-0.05, 0) is 49.8 Å². The third kappa shape index (κ3) is 4.46. The van der Waals surface area contributed by atoms with E-state index in [9.17, 15) is 9.90 Å². The van der Waals surface area contributed by atoms with Crippen molar-refractivity contribution in [3.63, 3.8) is 0 Å². The number of hydrogen-bond donors (Lipinski definition) is 2. The van der Waals surface area contributed by atoms with Gasteiger partial charge < -0.3 is 15.7 Å². The van der Waals surface area contributed by atoms with E-state index in [1.54, 1.807) is 0 Å². The molecule has 3 N–H and O–H groups in total. The average Bonchev–Trinajstić information content (AvgIpc) is 2.60. The summed E-state index contributed by atoms with van der Waals surface area (Å²) in [7, 11) is 0. The first kappa shape index (κ1) is 15.8. The van der Waals surface area contributed by atoms with E-state index in [-0.39, 0.29) is 11.8 Å². The summed E-state index contributed by atoms with van der Waals surface area (Å²) < 4.78 is 0. The monoisotopic (exact) mass is 290 g/mol. The van der Waals surface area contributed by atoms with Crippen molar-refractivity contribution in [2.45, 2.75) is 51.0 Å². The van der Waals surface area contributed by atoms with E-state index in [0.717, 1.165) is 30.6 Å². The van der Waals surface area contributed by atoms with Crippen molar-refractivity contribution in [3.05, 3.63) is 29.8 Å². The highest BCUT2D eigenvalue weighted by Gasteiger charge is 2.27. The molecule has 0 radical (unpaired) electrons. The summed E-state index contributed by atoms with van der Waals surface area (Å²) in [5, 5.41) is 10.1. The average molecular weight is 290 g/mol. The van der Waals surface area contributed by atoms with Gasteiger partial charge in [0, 0.05) is 25.2 Å². The predicted octanol–water partition coefficient (Wildman–Crippen LogP) is 2.53. The first-order valence-electron chi connectivity index (χ1n) is 7.73. The molecule has 0 aromatic heterocycles. The second kappa shape index (κ2) is 6.48. The number of rotatable bonds is 3. The Morgan fingerprint density at radius 1 is 1.33 bits per heavy atom. The maximum atomic E-state index is 12.4. The van der Waals surface area contributed by atoms with Crippen LogP contribution in [-0.4, -0.2) is 34.6 Å². The minimum atomic E-state index is -0.627. The van der Waals surface area contributed by atoms with Crippen LogP contribution >= 0.6 is 0 Å². The number of benzene rings is 1. The third-order valence-electron chi connectivity index (χ3n) is 4.40. The smallest absolute Gasteiger partial charge is 0.223 e. The molecule has 2 rings (SSSR count). The number of aliphatic hydroxyl groups is 1. The van der Waals surface area contributed by atoms with E-state index in [0.29, 0.717) is 19.4 Å². The van der Waals surface area contributed by atoms with Gasteiger partial charge in [-0.25, -0.2) is 0 Å². The summed E-state index contributed by atoms with van der Waals surface area (Å²) in [5.74, 6) is 0.360. The number of nitrogens with zero attached hydrogens (tertiary/aromatic N) is 1. The predicted molar refractivity (Wildman–Crippen MR) is 84.9 cm³/mol. The number of carbonyl (C=O) groups excluding carboxylic acids is 1.